The van der Waals surface area contributed by atoms with Crippen molar-refractivity contribution in [3.8, 4) is 0 Å². The van der Waals surface area contributed by atoms with E-state index in [1.165, 1.54) is 28.3 Å². The van der Waals surface area contributed by atoms with Crippen LogP contribution < -0.4 is 0 Å². The van der Waals surface area contributed by atoms with Gasteiger partial charge in [-0.3, -0.25) is 9.19 Å². The van der Waals surface area contributed by atoms with Crippen molar-refractivity contribution in [2.24, 2.45) is 0 Å². The van der Waals surface area contributed by atoms with Crippen molar-refractivity contribution < 1.29 is 4.21 Å². The molecule has 3 atom stereocenters. The molecule has 0 amide bonds. The molecule has 2 aliphatic rings. The number of hydrogen-bond donors (Lipinski definition) is 0. The predicted molar refractivity (Wildman–Crippen MR) is 83.9 cm³/mol. The predicted octanol–water partition coefficient (Wildman–Crippen LogP) is 3.69. The first-order chi connectivity index (χ1) is 9.81. The van der Waals surface area contributed by atoms with Crippen molar-refractivity contribution in [2.75, 3.05) is 0 Å². The van der Waals surface area contributed by atoms with Gasteiger partial charge in [0.15, 0.2) is 0 Å². The van der Waals surface area contributed by atoms with Crippen molar-refractivity contribution >= 4 is 27.1 Å². The van der Waals surface area contributed by atoms with Crippen LogP contribution >= 0.6 is 0 Å². The average molecular weight is 283 g/mol. The van der Waals surface area contributed by atoms with Crippen LogP contribution in [0.4, 0.5) is 0 Å². The molecular formula is C17H17NOS. The molecule has 1 saturated heterocycles. The molecule has 1 fully saturated rings. The minimum Gasteiger partial charge on any atom is -0.264 e. The molecule has 0 N–H and O–H groups in total. The van der Waals surface area contributed by atoms with Crippen LogP contribution in [0.1, 0.15) is 31.2 Å². The number of benzene rings is 1. The maximum absolute atomic E-state index is 12.3. The lowest BCUT2D eigenvalue weighted by molar-refractivity contribution is 0.579. The topological polar surface area (TPSA) is 30.0 Å². The number of hydrogen-bond acceptors (Lipinski definition) is 2. The SMILES string of the molecule is O=S1C2C=C(c3ccc4cnccc4c3)CC1CCC2. The van der Waals surface area contributed by atoms with E-state index in [2.05, 4.69) is 35.3 Å². The Morgan fingerprint density at radius 3 is 3.00 bits per heavy atom. The van der Waals surface area contributed by atoms with Gasteiger partial charge in [-0.2, -0.15) is 0 Å². The highest BCUT2D eigenvalue weighted by atomic mass is 32.2. The third-order valence-corrected chi connectivity index (χ3v) is 6.52. The second-order valence-electron chi connectivity index (χ2n) is 5.75. The molecule has 2 aliphatic heterocycles. The van der Waals surface area contributed by atoms with E-state index in [0.29, 0.717) is 5.25 Å². The van der Waals surface area contributed by atoms with E-state index < -0.39 is 10.8 Å². The lowest BCUT2D eigenvalue weighted by Gasteiger charge is -2.32. The van der Waals surface area contributed by atoms with Crippen LogP contribution in [0.2, 0.25) is 0 Å². The normalized spacial score (nSPS) is 29.2. The summed E-state index contributed by atoms with van der Waals surface area (Å²) in [5.74, 6) is 0. The summed E-state index contributed by atoms with van der Waals surface area (Å²) in [5, 5.41) is 3.07. The van der Waals surface area contributed by atoms with Crippen molar-refractivity contribution in [2.45, 2.75) is 36.2 Å². The first kappa shape index (κ1) is 12.3. The van der Waals surface area contributed by atoms with Crippen LogP contribution in [0.3, 0.4) is 0 Å². The molecular weight excluding hydrogens is 266 g/mol. The van der Waals surface area contributed by atoms with Crippen molar-refractivity contribution in [3.63, 3.8) is 0 Å². The second-order valence-corrected chi connectivity index (χ2v) is 7.68. The summed E-state index contributed by atoms with van der Waals surface area (Å²) in [6, 6.07) is 8.62. The van der Waals surface area contributed by atoms with E-state index in [0.717, 1.165) is 19.3 Å². The Bertz CT molecular complexity index is 722. The Kier molecular flexibility index (Phi) is 2.95. The fraction of sp³-hybridized carbons (Fsp3) is 0.353. The van der Waals surface area contributed by atoms with Crippen LogP contribution in [0.15, 0.2) is 42.7 Å². The lowest BCUT2D eigenvalue weighted by Crippen LogP contribution is -2.33. The summed E-state index contributed by atoms with van der Waals surface area (Å²) >= 11 is 0. The van der Waals surface area contributed by atoms with Crippen LogP contribution in [0, 0.1) is 0 Å². The summed E-state index contributed by atoms with van der Waals surface area (Å²) in [6.07, 6.45) is 10.4. The summed E-state index contributed by atoms with van der Waals surface area (Å²) < 4.78 is 12.3. The van der Waals surface area contributed by atoms with Gasteiger partial charge in [0.2, 0.25) is 0 Å². The molecule has 20 heavy (non-hydrogen) atoms. The molecule has 102 valence electrons. The maximum Gasteiger partial charge on any atom is 0.0536 e. The molecule has 0 spiro atoms. The quantitative estimate of drug-likeness (QED) is 0.799. The second kappa shape index (κ2) is 4.81. The van der Waals surface area contributed by atoms with Gasteiger partial charge in [-0.25, -0.2) is 0 Å². The largest absolute Gasteiger partial charge is 0.264 e. The third kappa shape index (κ3) is 2.01. The zero-order chi connectivity index (χ0) is 13.5. The Labute approximate surface area is 121 Å². The fourth-order valence-electron chi connectivity index (χ4n) is 3.40. The van der Waals surface area contributed by atoms with E-state index in [1.54, 1.807) is 0 Å². The Morgan fingerprint density at radius 1 is 1.15 bits per heavy atom. The number of nitrogens with zero attached hydrogens (tertiary/aromatic N) is 1. The van der Waals surface area contributed by atoms with Crippen molar-refractivity contribution in [1.29, 1.82) is 0 Å². The maximum atomic E-state index is 12.3. The van der Waals surface area contributed by atoms with Gasteiger partial charge in [-0.05, 0) is 47.9 Å². The molecule has 3 unspecified atom stereocenters. The van der Waals surface area contributed by atoms with E-state index in [4.69, 9.17) is 0 Å². The number of fused-ring (bicyclic) bond motifs is 3. The number of rotatable bonds is 1. The van der Waals surface area contributed by atoms with Gasteiger partial charge in [0.05, 0.1) is 5.25 Å². The van der Waals surface area contributed by atoms with Crippen molar-refractivity contribution in [1.82, 2.24) is 4.98 Å². The number of pyridine rings is 1. The molecule has 0 radical (unpaired) electrons. The highest BCUT2D eigenvalue weighted by Crippen LogP contribution is 2.37. The Hall–Kier alpha value is -1.48. The third-order valence-electron chi connectivity index (χ3n) is 4.49. The first-order valence-electron chi connectivity index (χ1n) is 7.25. The molecule has 0 saturated carbocycles. The van der Waals surface area contributed by atoms with Crippen LogP contribution in [0.5, 0.6) is 0 Å². The molecule has 3 heteroatoms. The van der Waals surface area contributed by atoms with E-state index in [9.17, 15) is 4.21 Å². The van der Waals surface area contributed by atoms with Gasteiger partial charge < -0.3 is 0 Å². The number of aromatic nitrogens is 1. The summed E-state index contributed by atoms with van der Waals surface area (Å²) in [4.78, 5) is 4.16. The summed E-state index contributed by atoms with van der Waals surface area (Å²) in [5.41, 5.74) is 2.68. The van der Waals surface area contributed by atoms with Crippen LogP contribution in [-0.2, 0) is 10.8 Å². The zero-order valence-electron chi connectivity index (χ0n) is 11.3. The van der Waals surface area contributed by atoms with Crippen LogP contribution in [-0.4, -0.2) is 19.7 Å². The molecule has 1 aromatic carbocycles. The van der Waals surface area contributed by atoms with Crippen molar-refractivity contribution in [3.05, 3.63) is 48.3 Å². The molecule has 4 rings (SSSR count). The molecule has 1 aromatic heterocycles. The Morgan fingerprint density at radius 2 is 2.10 bits per heavy atom. The summed E-state index contributed by atoms with van der Waals surface area (Å²) in [7, 11) is -0.644. The zero-order valence-corrected chi connectivity index (χ0v) is 12.1. The van der Waals surface area contributed by atoms with Crippen LogP contribution in [0.25, 0.3) is 16.3 Å². The smallest absolute Gasteiger partial charge is 0.0536 e. The van der Waals surface area contributed by atoms with Gasteiger partial charge in [0.25, 0.3) is 0 Å². The highest BCUT2D eigenvalue weighted by Gasteiger charge is 2.33. The lowest BCUT2D eigenvalue weighted by atomic mass is 9.92. The van der Waals surface area contributed by atoms with Gasteiger partial charge in [-0.15, -0.1) is 0 Å². The Balaban J connectivity index is 1.77. The van der Waals surface area contributed by atoms with E-state index in [-0.39, 0.29) is 5.25 Å². The average Bonchev–Trinajstić information content (AvgIpc) is 2.46. The fourth-order valence-corrected chi connectivity index (χ4v) is 5.33. The molecule has 3 heterocycles. The van der Waals surface area contributed by atoms with Gasteiger partial charge in [-0.1, -0.05) is 24.6 Å². The minimum absolute atomic E-state index is 0.283. The van der Waals surface area contributed by atoms with E-state index in [1.807, 2.05) is 12.4 Å². The standard InChI is InChI=1S/C17H17NOS/c19-20-16-2-1-3-17(20)10-15(9-16)12-4-5-14-11-18-7-6-13(14)8-12/h4-9,11,16-17H,1-3,10H2. The van der Waals surface area contributed by atoms with Gasteiger partial charge in [0, 0.05) is 33.8 Å². The molecule has 2 aromatic rings. The monoisotopic (exact) mass is 283 g/mol. The molecule has 0 aliphatic carbocycles. The van der Waals surface area contributed by atoms with E-state index >= 15 is 0 Å². The first-order valence-corrected chi connectivity index (χ1v) is 8.53. The molecule has 2 nitrogen and oxygen atoms in total. The van der Waals surface area contributed by atoms with Gasteiger partial charge >= 0.3 is 0 Å². The molecule has 2 bridgehead atoms. The highest BCUT2D eigenvalue weighted by molar-refractivity contribution is 7.86. The van der Waals surface area contributed by atoms with Gasteiger partial charge in [0.1, 0.15) is 0 Å². The minimum atomic E-state index is -0.644. The summed E-state index contributed by atoms with van der Waals surface area (Å²) in [6.45, 7) is 0. The number of allylic oxidation sites excluding steroid dienone is 1.